The van der Waals surface area contributed by atoms with Crippen molar-refractivity contribution in [1.82, 2.24) is 20.5 Å². The Kier molecular flexibility index (Phi) is 10.4. The predicted octanol–water partition coefficient (Wildman–Crippen LogP) is 4.21. The summed E-state index contributed by atoms with van der Waals surface area (Å²) < 4.78 is 0. The fourth-order valence-corrected chi connectivity index (χ4v) is 4.55. The summed E-state index contributed by atoms with van der Waals surface area (Å²) in [6.45, 7) is 9.54. The molecule has 2 heterocycles. The zero-order chi connectivity index (χ0) is 19.8. The Morgan fingerprint density at radius 2 is 2.07 bits per heavy atom. The quantitative estimate of drug-likeness (QED) is 0.322. The van der Waals surface area contributed by atoms with E-state index in [0.29, 0.717) is 0 Å². The number of aryl methyl sites for hydroxylation is 1. The molecule has 1 aliphatic heterocycles. The number of halogens is 1. The highest BCUT2D eigenvalue weighted by atomic mass is 127. The van der Waals surface area contributed by atoms with Crippen LogP contribution in [0.5, 0.6) is 0 Å². The molecule has 1 aliphatic rings. The van der Waals surface area contributed by atoms with Crippen molar-refractivity contribution >= 4 is 41.3 Å². The number of nitrogens with zero attached hydrogens (tertiary/aromatic N) is 3. The Labute approximate surface area is 196 Å². The Balaban J connectivity index is 0.00000300. The summed E-state index contributed by atoms with van der Waals surface area (Å²) in [5, 5.41) is 8.03. The van der Waals surface area contributed by atoms with Crippen LogP contribution in [0.4, 0.5) is 0 Å². The van der Waals surface area contributed by atoms with Crippen LogP contribution < -0.4 is 10.6 Å². The lowest BCUT2D eigenvalue weighted by Gasteiger charge is -2.31. The lowest BCUT2D eigenvalue weighted by molar-refractivity contribution is 0.176. The third kappa shape index (κ3) is 7.86. The summed E-state index contributed by atoms with van der Waals surface area (Å²) in [7, 11) is 1.82. The highest BCUT2D eigenvalue weighted by molar-refractivity contribution is 14.0. The molecular weight excluding hydrogens is 493 g/mol. The predicted molar refractivity (Wildman–Crippen MR) is 134 cm³/mol. The summed E-state index contributed by atoms with van der Waals surface area (Å²) in [5.41, 5.74) is 2.76. The number of guanidine groups is 1. The summed E-state index contributed by atoms with van der Waals surface area (Å²) in [6.07, 6.45) is 5.54. The molecule has 3 rings (SSSR count). The highest BCUT2D eigenvalue weighted by Gasteiger charge is 2.17. The summed E-state index contributed by atoms with van der Waals surface area (Å²) in [4.78, 5) is 12.6. The molecule has 0 amide bonds. The van der Waals surface area contributed by atoms with Crippen LogP contribution in [0.1, 0.15) is 40.8 Å². The van der Waals surface area contributed by atoms with Gasteiger partial charge in [-0.2, -0.15) is 0 Å². The zero-order valence-corrected chi connectivity index (χ0v) is 20.9. The maximum absolute atomic E-state index is 4.42. The molecule has 1 atom stereocenters. The Bertz CT molecular complexity index is 776. The topological polar surface area (TPSA) is 52.6 Å². The van der Waals surface area contributed by atoms with Crippen LogP contribution in [0, 0.1) is 12.8 Å². The minimum atomic E-state index is 0. The molecule has 2 N–H and O–H groups in total. The number of rotatable bonds is 7. The average molecular weight is 528 g/mol. The van der Waals surface area contributed by atoms with Gasteiger partial charge in [-0.25, -0.2) is 4.98 Å². The monoisotopic (exact) mass is 527 g/mol. The summed E-state index contributed by atoms with van der Waals surface area (Å²) in [6, 6.07) is 8.76. The number of nitrogens with one attached hydrogen (secondary N) is 2. The molecule has 29 heavy (non-hydrogen) atoms. The fraction of sp³-hybridized carbons (Fsp3) is 0.545. The highest BCUT2D eigenvalue weighted by Crippen LogP contribution is 2.19. The van der Waals surface area contributed by atoms with E-state index in [4.69, 9.17) is 0 Å². The third-order valence-corrected chi connectivity index (χ3v) is 6.20. The van der Waals surface area contributed by atoms with Crippen LogP contribution in [0.3, 0.4) is 0 Å². The second kappa shape index (κ2) is 12.5. The molecule has 0 saturated carbocycles. The number of benzene rings is 1. The van der Waals surface area contributed by atoms with Crippen molar-refractivity contribution in [2.45, 2.75) is 46.2 Å². The maximum Gasteiger partial charge on any atom is 0.191 e. The number of likely N-dealkylation sites (tertiary alicyclic amines) is 1. The van der Waals surface area contributed by atoms with E-state index < -0.39 is 0 Å². The number of thiazole rings is 1. The van der Waals surface area contributed by atoms with Gasteiger partial charge in [-0.3, -0.25) is 9.89 Å². The molecule has 7 heteroatoms. The Morgan fingerprint density at radius 1 is 1.28 bits per heavy atom. The van der Waals surface area contributed by atoms with E-state index in [-0.39, 0.29) is 24.0 Å². The number of aliphatic imine (C=N–C) groups is 1. The number of piperidine rings is 1. The van der Waals surface area contributed by atoms with E-state index in [0.717, 1.165) is 37.9 Å². The molecule has 0 spiro atoms. The van der Waals surface area contributed by atoms with Crippen molar-refractivity contribution in [2.75, 3.05) is 26.7 Å². The molecule has 0 aliphatic carbocycles. The molecule has 0 bridgehead atoms. The van der Waals surface area contributed by atoms with E-state index >= 15 is 0 Å². The van der Waals surface area contributed by atoms with Crippen molar-refractivity contribution in [1.29, 1.82) is 0 Å². The van der Waals surface area contributed by atoms with Crippen LogP contribution >= 0.6 is 35.3 Å². The number of hydrogen-bond acceptors (Lipinski definition) is 4. The standard InChI is InChI=1S/C22H33N5S.HI/c1-17-7-6-12-27(15-17)16-20-9-5-4-8-19(20)14-26-22(23-3)24-11-10-21-25-13-18(2)28-21;/h4-5,8-9,13,17H,6-7,10-12,14-16H2,1-3H3,(H2,23,24,26);1H. The van der Waals surface area contributed by atoms with Gasteiger partial charge in [-0.15, -0.1) is 35.3 Å². The molecule has 2 aromatic rings. The third-order valence-electron chi connectivity index (χ3n) is 5.22. The van der Waals surface area contributed by atoms with Crippen LogP contribution in [0.25, 0.3) is 0 Å². The number of hydrogen-bond donors (Lipinski definition) is 2. The second-order valence-corrected chi connectivity index (χ2v) is 9.04. The first-order valence-corrected chi connectivity index (χ1v) is 11.1. The number of aromatic nitrogens is 1. The van der Waals surface area contributed by atoms with Crippen LogP contribution in [0.15, 0.2) is 35.5 Å². The Morgan fingerprint density at radius 3 is 2.76 bits per heavy atom. The van der Waals surface area contributed by atoms with Gasteiger partial charge in [0.25, 0.3) is 0 Å². The van der Waals surface area contributed by atoms with Crippen molar-refractivity contribution in [3.05, 3.63) is 51.5 Å². The fourth-order valence-electron chi connectivity index (χ4n) is 3.76. The van der Waals surface area contributed by atoms with Gasteiger partial charge in [-0.05, 0) is 43.4 Å². The van der Waals surface area contributed by atoms with Crippen LogP contribution in [0.2, 0.25) is 0 Å². The van der Waals surface area contributed by atoms with Crippen molar-refractivity contribution in [2.24, 2.45) is 10.9 Å². The average Bonchev–Trinajstić information content (AvgIpc) is 3.10. The van der Waals surface area contributed by atoms with Gasteiger partial charge in [0.2, 0.25) is 0 Å². The first kappa shape index (κ1) is 24.1. The van der Waals surface area contributed by atoms with Gasteiger partial charge in [0.05, 0.1) is 5.01 Å². The largest absolute Gasteiger partial charge is 0.356 e. The van der Waals surface area contributed by atoms with Crippen LogP contribution in [-0.4, -0.2) is 42.5 Å². The van der Waals surface area contributed by atoms with Gasteiger partial charge < -0.3 is 10.6 Å². The smallest absolute Gasteiger partial charge is 0.191 e. The molecule has 1 fully saturated rings. The van der Waals surface area contributed by atoms with Gasteiger partial charge in [0, 0.05) is 50.7 Å². The second-order valence-electron chi connectivity index (χ2n) is 7.72. The molecule has 1 saturated heterocycles. The van der Waals surface area contributed by atoms with Gasteiger partial charge in [-0.1, -0.05) is 31.2 Å². The molecule has 160 valence electrons. The molecule has 0 radical (unpaired) electrons. The molecule has 1 aromatic heterocycles. The first-order valence-electron chi connectivity index (χ1n) is 10.3. The van der Waals surface area contributed by atoms with E-state index in [1.165, 1.54) is 46.9 Å². The SMILES string of the molecule is CN=C(NCCc1ncc(C)s1)NCc1ccccc1CN1CCCC(C)C1.I. The maximum atomic E-state index is 4.42. The van der Waals surface area contributed by atoms with E-state index in [2.05, 4.69) is 63.6 Å². The van der Waals surface area contributed by atoms with Crippen molar-refractivity contribution in [3.8, 4) is 0 Å². The van der Waals surface area contributed by atoms with E-state index in [1.54, 1.807) is 11.3 Å². The normalized spacial score (nSPS) is 17.6. The van der Waals surface area contributed by atoms with Gasteiger partial charge in [0.15, 0.2) is 5.96 Å². The van der Waals surface area contributed by atoms with E-state index in [1.807, 2.05) is 13.2 Å². The lowest BCUT2D eigenvalue weighted by Crippen LogP contribution is -2.38. The molecule has 1 unspecified atom stereocenters. The van der Waals surface area contributed by atoms with Crippen LogP contribution in [-0.2, 0) is 19.5 Å². The summed E-state index contributed by atoms with van der Waals surface area (Å²) >= 11 is 1.76. The van der Waals surface area contributed by atoms with E-state index in [9.17, 15) is 0 Å². The summed E-state index contributed by atoms with van der Waals surface area (Å²) in [5.74, 6) is 1.65. The van der Waals surface area contributed by atoms with Crippen molar-refractivity contribution < 1.29 is 0 Å². The van der Waals surface area contributed by atoms with Gasteiger partial charge >= 0.3 is 0 Å². The lowest BCUT2D eigenvalue weighted by atomic mass is 9.99. The molecule has 5 nitrogen and oxygen atoms in total. The molecule has 1 aromatic carbocycles. The zero-order valence-electron chi connectivity index (χ0n) is 17.8. The van der Waals surface area contributed by atoms with Crippen molar-refractivity contribution in [3.63, 3.8) is 0 Å². The molecular formula is C22H34IN5S. The minimum absolute atomic E-state index is 0. The van der Waals surface area contributed by atoms with Gasteiger partial charge in [0.1, 0.15) is 0 Å². The Hall–Kier alpha value is -1.19. The first-order chi connectivity index (χ1) is 13.6. The minimum Gasteiger partial charge on any atom is -0.356 e.